The maximum atomic E-state index is 4.88. The van der Waals surface area contributed by atoms with Gasteiger partial charge in [0.25, 0.3) is 5.88 Å². The highest BCUT2D eigenvalue weighted by Gasteiger charge is 2.03. The van der Waals surface area contributed by atoms with E-state index in [9.17, 15) is 0 Å². The summed E-state index contributed by atoms with van der Waals surface area (Å²) in [6.45, 7) is 0. The van der Waals surface area contributed by atoms with Crippen molar-refractivity contribution in [2.75, 3.05) is 0 Å². The lowest BCUT2D eigenvalue weighted by Crippen LogP contribution is -1.90. The van der Waals surface area contributed by atoms with Crippen molar-refractivity contribution in [2.24, 2.45) is 5.16 Å². The van der Waals surface area contributed by atoms with Gasteiger partial charge in [0.2, 0.25) is 0 Å². The van der Waals surface area contributed by atoms with Crippen molar-refractivity contribution in [3.8, 4) is 5.88 Å². The molecule has 0 unspecified atom stereocenters. The van der Waals surface area contributed by atoms with Crippen molar-refractivity contribution in [3.63, 3.8) is 0 Å². The van der Waals surface area contributed by atoms with Crippen LogP contribution >= 0.6 is 0 Å². The molecule has 0 radical (unpaired) electrons. The Morgan fingerprint density at radius 1 is 1.18 bits per heavy atom. The number of hydrogen-bond acceptors (Lipinski definition) is 4. The number of allylic oxidation sites excluding steroid dienone is 1. The molecule has 0 N–H and O–H groups in total. The van der Waals surface area contributed by atoms with Crippen LogP contribution in [0.4, 0.5) is 0 Å². The largest absolute Gasteiger partial charge is 0.334 e. The zero-order chi connectivity index (χ0) is 7.52. The van der Waals surface area contributed by atoms with Crippen LogP contribution in [0.5, 0.6) is 5.88 Å². The molecule has 0 bridgehead atoms. The average molecular weight is 147 g/mol. The Hall–Kier alpha value is -1.71. The molecule has 0 saturated heterocycles. The van der Waals surface area contributed by atoms with Gasteiger partial charge in [0.05, 0.1) is 6.21 Å². The summed E-state index contributed by atoms with van der Waals surface area (Å²) >= 11 is 0. The minimum atomic E-state index is 0.442. The molecule has 11 heavy (non-hydrogen) atoms. The van der Waals surface area contributed by atoms with Crippen LogP contribution in [-0.4, -0.2) is 16.2 Å². The topological polar surface area (TPSA) is 47.4 Å². The summed E-state index contributed by atoms with van der Waals surface area (Å²) in [4.78, 5) is 12.8. The molecule has 4 nitrogen and oxygen atoms in total. The highest BCUT2D eigenvalue weighted by molar-refractivity contribution is 5.78. The van der Waals surface area contributed by atoms with E-state index in [4.69, 9.17) is 4.84 Å². The van der Waals surface area contributed by atoms with E-state index in [1.54, 1.807) is 30.8 Å². The standard InChI is InChI=1S/C7H5N3O/c1-2-6-7(11-10-3-1)9-5-4-8-6/h1-5H. The zero-order valence-corrected chi connectivity index (χ0v) is 5.64. The molecule has 1 aromatic heterocycles. The molecule has 0 spiro atoms. The van der Waals surface area contributed by atoms with E-state index < -0.39 is 0 Å². The van der Waals surface area contributed by atoms with Gasteiger partial charge in [-0.3, -0.25) is 0 Å². The molecule has 1 aliphatic rings. The smallest absolute Gasteiger partial charge is 0.274 e. The van der Waals surface area contributed by atoms with Crippen LogP contribution in [0.15, 0.2) is 23.6 Å². The van der Waals surface area contributed by atoms with Crippen molar-refractivity contribution < 1.29 is 4.84 Å². The summed E-state index contributed by atoms with van der Waals surface area (Å²) in [6, 6.07) is 0. The zero-order valence-electron chi connectivity index (χ0n) is 5.64. The lowest BCUT2D eigenvalue weighted by atomic mass is 10.4. The van der Waals surface area contributed by atoms with Gasteiger partial charge >= 0.3 is 0 Å². The van der Waals surface area contributed by atoms with E-state index in [2.05, 4.69) is 15.1 Å². The second kappa shape index (κ2) is 2.49. The second-order valence-corrected chi connectivity index (χ2v) is 1.95. The molecule has 0 aromatic carbocycles. The highest BCUT2D eigenvalue weighted by atomic mass is 16.6. The van der Waals surface area contributed by atoms with Gasteiger partial charge in [-0.15, -0.1) is 0 Å². The number of oxime groups is 1. The first kappa shape index (κ1) is 6.03. The first-order chi connectivity index (χ1) is 5.47. The summed E-state index contributed by atoms with van der Waals surface area (Å²) in [5, 5.41) is 3.60. The van der Waals surface area contributed by atoms with Crippen molar-refractivity contribution in [1.29, 1.82) is 0 Å². The molecule has 54 valence electrons. The first-order valence-electron chi connectivity index (χ1n) is 3.15. The summed E-state index contributed by atoms with van der Waals surface area (Å²) in [5.74, 6) is 0.442. The predicted octanol–water partition coefficient (Wildman–Crippen LogP) is 0.868. The van der Waals surface area contributed by atoms with Crippen molar-refractivity contribution in [1.82, 2.24) is 9.97 Å². The fourth-order valence-electron chi connectivity index (χ4n) is 0.770. The quantitative estimate of drug-likeness (QED) is 0.547. The van der Waals surface area contributed by atoms with Crippen LogP contribution in [0.1, 0.15) is 5.69 Å². The molecule has 1 aliphatic heterocycles. The molecule has 0 fully saturated rings. The second-order valence-electron chi connectivity index (χ2n) is 1.95. The van der Waals surface area contributed by atoms with Gasteiger partial charge < -0.3 is 4.84 Å². The van der Waals surface area contributed by atoms with Gasteiger partial charge in [0, 0.05) is 12.4 Å². The van der Waals surface area contributed by atoms with E-state index in [-0.39, 0.29) is 0 Å². The molecule has 2 heterocycles. The van der Waals surface area contributed by atoms with Crippen LogP contribution in [0.3, 0.4) is 0 Å². The maximum absolute atomic E-state index is 4.88. The maximum Gasteiger partial charge on any atom is 0.274 e. The van der Waals surface area contributed by atoms with Crippen molar-refractivity contribution in [2.45, 2.75) is 0 Å². The Labute approximate surface area is 63.2 Å². The Kier molecular flexibility index (Phi) is 1.37. The Morgan fingerprint density at radius 3 is 3.09 bits per heavy atom. The SMILES string of the molecule is C1=Cc2nccnc2ON=C1. The summed E-state index contributed by atoms with van der Waals surface area (Å²) < 4.78 is 0. The minimum Gasteiger partial charge on any atom is -0.334 e. The molecule has 0 aliphatic carbocycles. The Balaban J connectivity index is 2.52. The van der Waals surface area contributed by atoms with Gasteiger partial charge in [-0.2, -0.15) is 0 Å². The van der Waals surface area contributed by atoms with Gasteiger partial charge in [-0.25, -0.2) is 9.97 Å². The fraction of sp³-hybridized carbons (Fsp3) is 0. The molecule has 2 rings (SSSR count). The minimum absolute atomic E-state index is 0.442. The third-order valence-corrected chi connectivity index (χ3v) is 1.23. The number of fused-ring (bicyclic) bond motifs is 1. The molecule has 4 heteroatoms. The molecule has 1 aromatic rings. The third-order valence-electron chi connectivity index (χ3n) is 1.23. The van der Waals surface area contributed by atoms with E-state index in [0.29, 0.717) is 11.6 Å². The van der Waals surface area contributed by atoms with Crippen LogP contribution < -0.4 is 4.84 Å². The van der Waals surface area contributed by atoms with E-state index in [1.807, 2.05) is 0 Å². The lowest BCUT2D eigenvalue weighted by Gasteiger charge is -1.96. The molecular formula is C7H5N3O. The first-order valence-corrected chi connectivity index (χ1v) is 3.15. The normalized spacial score (nSPS) is 13.5. The number of hydrogen-bond donors (Lipinski definition) is 0. The van der Waals surface area contributed by atoms with Crippen molar-refractivity contribution >= 4 is 12.3 Å². The Bertz CT molecular complexity index is 319. The predicted molar refractivity (Wildman–Crippen MR) is 40.2 cm³/mol. The van der Waals surface area contributed by atoms with Crippen LogP contribution in [-0.2, 0) is 0 Å². The third kappa shape index (κ3) is 1.10. The Morgan fingerprint density at radius 2 is 2.09 bits per heavy atom. The monoisotopic (exact) mass is 147 g/mol. The van der Waals surface area contributed by atoms with Gasteiger partial charge in [0.15, 0.2) is 0 Å². The van der Waals surface area contributed by atoms with E-state index in [0.717, 1.165) is 0 Å². The van der Waals surface area contributed by atoms with E-state index >= 15 is 0 Å². The summed E-state index contributed by atoms with van der Waals surface area (Å²) in [7, 11) is 0. The van der Waals surface area contributed by atoms with E-state index in [1.165, 1.54) is 0 Å². The van der Waals surface area contributed by atoms with Crippen LogP contribution in [0, 0.1) is 0 Å². The molecule has 0 saturated carbocycles. The number of aromatic nitrogens is 2. The van der Waals surface area contributed by atoms with Crippen LogP contribution in [0.2, 0.25) is 0 Å². The molecule has 0 atom stereocenters. The summed E-state index contributed by atoms with van der Waals surface area (Å²) in [6.07, 6.45) is 8.26. The highest BCUT2D eigenvalue weighted by Crippen LogP contribution is 2.14. The van der Waals surface area contributed by atoms with Gasteiger partial charge in [-0.1, -0.05) is 5.16 Å². The number of nitrogens with zero attached hydrogens (tertiary/aromatic N) is 3. The van der Waals surface area contributed by atoms with Crippen LogP contribution in [0.25, 0.3) is 6.08 Å². The molecular weight excluding hydrogens is 142 g/mol. The van der Waals surface area contributed by atoms with Crippen molar-refractivity contribution in [3.05, 3.63) is 24.2 Å². The summed E-state index contributed by atoms with van der Waals surface area (Å²) in [5.41, 5.74) is 0.699. The van der Waals surface area contributed by atoms with Gasteiger partial charge in [0.1, 0.15) is 5.69 Å². The van der Waals surface area contributed by atoms with Gasteiger partial charge in [-0.05, 0) is 12.2 Å². The number of rotatable bonds is 0. The average Bonchev–Trinajstić information content (AvgIpc) is 2.28. The molecule has 0 amide bonds. The lowest BCUT2D eigenvalue weighted by molar-refractivity contribution is 0.328. The fourth-order valence-corrected chi connectivity index (χ4v) is 0.770.